The minimum atomic E-state index is -4.75. The molecule has 2 atom stereocenters. The summed E-state index contributed by atoms with van der Waals surface area (Å²) in [6.07, 6.45) is -7.80. The van der Waals surface area contributed by atoms with Crippen molar-refractivity contribution >= 4 is 26.0 Å². The smallest absolute Gasteiger partial charge is 0.415 e. The molecule has 0 fully saturated rings. The number of nitrogens with one attached hydrogen (secondary N) is 2. The Kier molecular flexibility index (Phi) is 13.1. The van der Waals surface area contributed by atoms with Crippen LogP contribution in [0.5, 0.6) is 17.4 Å². The van der Waals surface area contributed by atoms with Gasteiger partial charge in [0.1, 0.15) is 23.8 Å². The maximum atomic E-state index is 14.4. The van der Waals surface area contributed by atoms with Gasteiger partial charge in [-0.15, -0.1) is 0 Å². The molecule has 0 spiro atoms. The minimum Gasteiger partial charge on any atom is -0.497 e. The van der Waals surface area contributed by atoms with E-state index < -0.39 is 56.2 Å². The molecular weight excluding hydrogens is 659 g/mol. The highest BCUT2D eigenvalue weighted by atomic mass is 28.4. The molecule has 2 N–H and O–H groups in total. The Bertz CT molecular complexity index is 1540. The van der Waals surface area contributed by atoms with Crippen LogP contribution in [0.3, 0.4) is 0 Å². The Morgan fingerprint density at radius 1 is 0.918 bits per heavy atom. The molecule has 1 aromatic heterocycles. The van der Waals surface area contributed by atoms with Crippen LogP contribution in [0.4, 0.5) is 23.7 Å². The van der Waals surface area contributed by atoms with E-state index in [9.17, 15) is 22.8 Å². The van der Waals surface area contributed by atoms with Crippen LogP contribution in [0.15, 0.2) is 60.7 Å². The zero-order chi connectivity index (χ0) is 36.6. The van der Waals surface area contributed by atoms with Gasteiger partial charge in [0.2, 0.25) is 5.88 Å². The van der Waals surface area contributed by atoms with Crippen molar-refractivity contribution in [1.29, 1.82) is 0 Å². The number of benzene rings is 2. The summed E-state index contributed by atoms with van der Waals surface area (Å²) in [6, 6.07) is 15.8. The molecule has 2 aromatic carbocycles. The van der Waals surface area contributed by atoms with Gasteiger partial charge in [-0.25, -0.2) is 9.78 Å². The van der Waals surface area contributed by atoms with Crippen LogP contribution in [0.25, 0.3) is 11.3 Å². The first kappa shape index (κ1) is 39.1. The van der Waals surface area contributed by atoms with Crippen molar-refractivity contribution in [2.75, 3.05) is 26.1 Å². The van der Waals surface area contributed by atoms with Gasteiger partial charge in [0.15, 0.2) is 21.0 Å². The number of aromatic nitrogens is 1. The molecule has 0 aliphatic carbocycles. The number of halogens is 3. The van der Waals surface area contributed by atoms with Crippen LogP contribution < -0.4 is 24.8 Å². The van der Waals surface area contributed by atoms with Crippen LogP contribution in [0.1, 0.15) is 40.2 Å². The van der Waals surface area contributed by atoms with Gasteiger partial charge in [0.05, 0.1) is 26.0 Å². The van der Waals surface area contributed by atoms with E-state index in [4.69, 9.17) is 23.4 Å². The van der Waals surface area contributed by atoms with E-state index in [-0.39, 0.29) is 18.2 Å². The van der Waals surface area contributed by atoms with Crippen LogP contribution in [0, 0.1) is 5.92 Å². The Hall–Kier alpha value is -4.30. The van der Waals surface area contributed by atoms with Gasteiger partial charge in [-0.2, -0.15) is 13.2 Å². The third-order valence-corrected chi connectivity index (χ3v) is 12.7. The second-order valence-corrected chi connectivity index (χ2v) is 18.1. The second kappa shape index (κ2) is 16.4. The maximum Gasteiger partial charge on any atom is 0.415 e. The highest BCUT2D eigenvalue weighted by molar-refractivity contribution is 6.74. The summed E-state index contributed by atoms with van der Waals surface area (Å²) in [4.78, 5) is 30.5. The molecule has 14 heteroatoms. The first-order valence-corrected chi connectivity index (χ1v) is 18.6. The molecule has 0 aliphatic rings. The normalized spacial score (nSPS) is 13.3. The summed E-state index contributed by atoms with van der Waals surface area (Å²) in [5.41, 5.74) is 1.77. The zero-order valence-corrected chi connectivity index (χ0v) is 30.4. The van der Waals surface area contributed by atoms with Crippen molar-refractivity contribution in [3.63, 3.8) is 0 Å². The quantitative estimate of drug-likeness (QED) is 0.162. The van der Waals surface area contributed by atoms with Crippen LogP contribution in [-0.2, 0) is 20.6 Å². The van der Waals surface area contributed by atoms with Gasteiger partial charge in [0.25, 0.3) is 5.91 Å². The monoisotopic (exact) mass is 705 g/mol. The number of nitrogens with zero attached hydrogens (tertiary/aromatic N) is 1. The zero-order valence-electron chi connectivity index (χ0n) is 29.4. The largest absolute Gasteiger partial charge is 0.497 e. The van der Waals surface area contributed by atoms with Gasteiger partial charge in [0, 0.05) is 11.6 Å². The number of amides is 2. The fourth-order valence-electron chi connectivity index (χ4n) is 4.42. The van der Waals surface area contributed by atoms with Gasteiger partial charge >= 0.3 is 12.3 Å². The number of methoxy groups -OCH3 is 2. The minimum absolute atomic E-state index is 0.00566. The van der Waals surface area contributed by atoms with E-state index in [1.54, 1.807) is 63.3 Å². The molecule has 0 saturated carbocycles. The summed E-state index contributed by atoms with van der Waals surface area (Å²) in [5, 5.41) is 4.55. The fourth-order valence-corrected chi connectivity index (χ4v) is 5.69. The molecule has 10 nitrogen and oxygen atoms in total. The Morgan fingerprint density at radius 3 is 2.06 bits per heavy atom. The van der Waals surface area contributed by atoms with Crippen molar-refractivity contribution in [2.45, 2.75) is 77.7 Å². The number of rotatable bonds is 14. The van der Waals surface area contributed by atoms with Crippen molar-refractivity contribution < 1.29 is 46.1 Å². The standard InChI is InChI=1S/C35H46F3N3O7Si/c1-22(2)30(31(35(36,37)38)48-49(8,9)34(3,4)5)41-29(42)21-46-32-28(40-33(43)47-20-23-13-11-10-12-14-23)16-15-27(39-32)24-17-25(44-6)19-26(18-24)45-7/h10-19,22,30-31H,20-21H2,1-9H3,(H,40,43)(H,41,42). The van der Waals surface area contributed by atoms with E-state index in [0.717, 1.165) is 5.56 Å². The summed E-state index contributed by atoms with van der Waals surface area (Å²) in [7, 11) is 0.101. The van der Waals surface area contributed by atoms with Crippen molar-refractivity contribution in [1.82, 2.24) is 10.3 Å². The first-order chi connectivity index (χ1) is 22.8. The van der Waals surface area contributed by atoms with Crippen LogP contribution >= 0.6 is 0 Å². The van der Waals surface area contributed by atoms with E-state index >= 15 is 0 Å². The molecule has 3 aromatic rings. The number of carbonyl (C=O) groups is 2. The van der Waals surface area contributed by atoms with E-state index in [1.807, 2.05) is 39.0 Å². The van der Waals surface area contributed by atoms with Crippen LogP contribution in [-0.4, -0.2) is 64.5 Å². The summed E-state index contributed by atoms with van der Waals surface area (Å²) in [6.45, 7) is 11.4. The number of anilines is 1. The molecule has 268 valence electrons. The second-order valence-electron chi connectivity index (χ2n) is 13.3. The highest BCUT2D eigenvalue weighted by Crippen LogP contribution is 2.41. The van der Waals surface area contributed by atoms with Crippen LogP contribution in [0.2, 0.25) is 18.1 Å². The van der Waals surface area contributed by atoms with E-state index in [1.165, 1.54) is 20.3 Å². The Labute approximate surface area is 286 Å². The van der Waals surface area contributed by atoms with Gasteiger partial charge in [-0.05, 0) is 53.9 Å². The average Bonchev–Trinajstić information content (AvgIpc) is 3.03. The summed E-state index contributed by atoms with van der Waals surface area (Å²) in [5.74, 6) is -0.662. The fraction of sp³-hybridized carbons (Fsp3) is 0.457. The molecule has 3 rings (SSSR count). The number of ether oxygens (including phenoxy) is 4. The number of carbonyl (C=O) groups excluding carboxylic acids is 2. The Morgan fingerprint density at radius 2 is 1.53 bits per heavy atom. The van der Waals surface area contributed by atoms with Crippen molar-refractivity contribution in [2.24, 2.45) is 5.92 Å². The summed E-state index contributed by atoms with van der Waals surface area (Å²) >= 11 is 0. The molecule has 2 unspecified atom stereocenters. The molecule has 0 saturated heterocycles. The number of hydrogen-bond donors (Lipinski definition) is 2. The van der Waals surface area contributed by atoms with E-state index in [2.05, 4.69) is 15.6 Å². The average molecular weight is 706 g/mol. The lowest BCUT2D eigenvalue weighted by atomic mass is 9.98. The summed E-state index contributed by atoms with van der Waals surface area (Å²) < 4.78 is 71.0. The maximum absolute atomic E-state index is 14.4. The Balaban J connectivity index is 1.89. The van der Waals surface area contributed by atoms with Gasteiger partial charge in [-0.3, -0.25) is 10.1 Å². The lowest BCUT2D eigenvalue weighted by molar-refractivity contribution is -0.210. The lowest BCUT2D eigenvalue weighted by Crippen LogP contribution is -2.59. The van der Waals surface area contributed by atoms with Gasteiger partial charge in [-0.1, -0.05) is 65.0 Å². The molecule has 0 bridgehead atoms. The number of hydrogen-bond acceptors (Lipinski definition) is 8. The topological polar surface area (TPSA) is 117 Å². The predicted octanol–water partition coefficient (Wildman–Crippen LogP) is 7.99. The lowest BCUT2D eigenvalue weighted by Gasteiger charge is -2.42. The number of pyridine rings is 1. The van der Waals surface area contributed by atoms with Crippen molar-refractivity contribution in [3.8, 4) is 28.6 Å². The van der Waals surface area contributed by atoms with E-state index in [0.29, 0.717) is 22.8 Å². The first-order valence-electron chi connectivity index (χ1n) is 15.7. The third-order valence-electron chi connectivity index (χ3n) is 8.22. The van der Waals surface area contributed by atoms with Gasteiger partial charge < -0.3 is 28.7 Å². The number of alkyl halides is 3. The molecule has 0 radical (unpaired) electrons. The predicted molar refractivity (Wildman–Crippen MR) is 183 cm³/mol. The molecule has 2 amide bonds. The van der Waals surface area contributed by atoms with Crippen molar-refractivity contribution in [3.05, 3.63) is 66.2 Å². The molecule has 1 heterocycles. The highest BCUT2D eigenvalue weighted by Gasteiger charge is 2.52. The molecular formula is C35H46F3N3O7Si. The molecule has 49 heavy (non-hydrogen) atoms. The SMILES string of the molecule is COc1cc(OC)cc(-c2ccc(NC(=O)OCc3ccccc3)c(OCC(=O)NC(C(C)C)C(O[Si](C)(C)C(C)(C)C)C(F)(F)F)n2)c1. The third kappa shape index (κ3) is 11.1. The molecule has 0 aliphatic heterocycles.